The molecule has 0 fully saturated rings. The van der Waals surface area contributed by atoms with E-state index in [0.29, 0.717) is 0 Å². The number of fused-ring (bicyclic) bond motifs is 3. The molecule has 0 spiro atoms. The van der Waals surface area contributed by atoms with Gasteiger partial charge < -0.3 is 10.1 Å². The molecule has 197 valence electrons. The summed E-state index contributed by atoms with van der Waals surface area (Å²) in [4.78, 5) is 19.0. The van der Waals surface area contributed by atoms with Crippen LogP contribution in [0.3, 0.4) is 0 Å². The smallest absolute Gasteiger partial charge is 0.354 e. The number of nitrogens with zero attached hydrogens (tertiary/aromatic N) is 2. The first kappa shape index (κ1) is 29.2. The quantitative estimate of drug-likeness (QED) is 0.151. The second-order valence-corrected chi connectivity index (χ2v) is 11.3. The van der Waals surface area contributed by atoms with Gasteiger partial charge in [0.05, 0.1) is 0 Å². The first-order valence-corrected chi connectivity index (χ1v) is 12.4. The van der Waals surface area contributed by atoms with Gasteiger partial charge in [0.15, 0.2) is 0 Å². The molecule has 0 bridgehead atoms. The van der Waals surface area contributed by atoms with Gasteiger partial charge in [0.25, 0.3) is 0 Å². The summed E-state index contributed by atoms with van der Waals surface area (Å²) in [5.41, 5.74) is 4.44. The molecule has 0 saturated carbocycles. The molecular formula is C33H33IrN2O2-. The van der Waals surface area contributed by atoms with Crippen molar-refractivity contribution in [3.05, 3.63) is 108 Å². The molecule has 0 saturated heterocycles. The van der Waals surface area contributed by atoms with Crippen LogP contribution in [0.1, 0.15) is 63.2 Å². The minimum atomic E-state index is -0.980. The third kappa shape index (κ3) is 6.72. The van der Waals surface area contributed by atoms with Crippen LogP contribution in [0, 0.1) is 6.07 Å². The summed E-state index contributed by atoms with van der Waals surface area (Å²) in [5.74, 6) is -0.980. The van der Waals surface area contributed by atoms with Crippen molar-refractivity contribution in [2.75, 3.05) is 0 Å². The number of benzene rings is 3. The summed E-state index contributed by atoms with van der Waals surface area (Å²) in [7, 11) is 0. The van der Waals surface area contributed by atoms with E-state index < -0.39 is 5.97 Å². The Labute approximate surface area is 238 Å². The molecule has 4 nitrogen and oxygen atoms in total. The van der Waals surface area contributed by atoms with Crippen LogP contribution in [-0.2, 0) is 30.9 Å². The van der Waals surface area contributed by atoms with Gasteiger partial charge in [0.1, 0.15) is 5.69 Å². The van der Waals surface area contributed by atoms with Crippen LogP contribution < -0.4 is 0 Å². The maximum Gasteiger partial charge on any atom is 0.354 e. The van der Waals surface area contributed by atoms with Crippen molar-refractivity contribution in [3.63, 3.8) is 0 Å². The van der Waals surface area contributed by atoms with E-state index >= 15 is 0 Å². The second kappa shape index (κ2) is 11.6. The summed E-state index contributed by atoms with van der Waals surface area (Å²) < 4.78 is 0. The van der Waals surface area contributed by atoms with Crippen molar-refractivity contribution in [1.29, 1.82) is 0 Å². The SMILES string of the molecule is CC(C)(C)c1ccc(-c2[c-]cc3c(ccc4ccccc43)c2)nc1.CC(C)(C)c1ccnc(C(=O)O)c1.[Ir]. The van der Waals surface area contributed by atoms with E-state index in [1.54, 1.807) is 6.07 Å². The molecule has 0 atom stereocenters. The Kier molecular flexibility index (Phi) is 8.86. The number of pyridine rings is 2. The molecule has 5 rings (SSSR count). The molecule has 5 aromatic rings. The van der Waals surface area contributed by atoms with Crippen molar-refractivity contribution in [3.8, 4) is 11.3 Å². The number of hydrogen-bond donors (Lipinski definition) is 1. The Hall–Kier alpha value is -3.40. The number of aromatic nitrogens is 2. The zero-order valence-corrected chi connectivity index (χ0v) is 25.1. The third-order valence-electron chi connectivity index (χ3n) is 6.43. The van der Waals surface area contributed by atoms with Gasteiger partial charge in [-0.25, -0.2) is 9.78 Å². The number of hydrogen-bond acceptors (Lipinski definition) is 3. The largest absolute Gasteiger partial charge is 0.477 e. The summed E-state index contributed by atoms with van der Waals surface area (Å²) in [5, 5.41) is 13.7. The number of rotatable bonds is 2. The molecule has 0 aliphatic rings. The Balaban J connectivity index is 0.000000245. The average molecular weight is 682 g/mol. The van der Waals surface area contributed by atoms with Crippen molar-refractivity contribution < 1.29 is 30.0 Å². The van der Waals surface area contributed by atoms with Gasteiger partial charge in [0.2, 0.25) is 0 Å². The van der Waals surface area contributed by atoms with E-state index in [-0.39, 0.29) is 36.6 Å². The summed E-state index contributed by atoms with van der Waals surface area (Å²) >= 11 is 0. The molecule has 0 amide bonds. The maximum absolute atomic E-state index is 10.6. The van der Waals surface area contributed by atoms with Crippen LogP contribution in [0.25, 0.3) is 32.8 Å². The monoisotopic (exact) mass is 682 g/mol. The fourth-order valence-corrected chi connectivity index (χ4v) is 4.11. The minimum Gasteiger partial charge on any atom is -0.477 e. The molecule has 3 aromatic carbocycles. The predicted molar refractivity (Wildman–Crippen MR) is 152 cm³/mol. The Morgan fingerprint density at radius 3 is 2.08 bits per heavy atom. The van der Waals surface area contributed by atoms with Gasteiger partial charge >= 0.3 is 5.97 Å². The average Bonchev–Trinajstić information content (AvgIpc) is 2.88. The number of aromatic carboxylic acids is 1. The van der Waals surface area contributed by atoms with Crippen molar-refractivity contribution >= 4 is 27.5 Å². The summed E-state index contributed by atoms with van der Waals surface area (Å²) in [6.45, 7) is 12.7. The van der Waals surface area contributed by atoms with E-state index in [4.69, 9.17) is 5.11 Å². The molecule has 0 aliphatic carbocycles. The van der Waals surface area contributed by atoms with E-state index in [9.17, 15) is 4.79 Å². The standard InChI is InChI=1S/C23H20N.C10H13NO2.Ir/c1-23(2,3)19-11-13-22(24-15-19)18-10-12-21-17(14-18)9-8-16-6-4-5-7-20(16)21;1-10(2,3)7-4-5-11-8(6-7)9(12)13;/h4-9,11-15H,1-3H3;4-6H,1-3H3,(H,12,13);/q-1;;. The van der Waals surface area contributed by atoms with Gasteiger partial charge in [-0.1, -0.05) is 101 Å². The molecular weight excluding hydrogens is 649 g/mol. The normalized spacial score (nSPS) is 11.4. The fourth-order valence-electron chi connectivity index (χ4n) is 4.11. The van der Waals surface area contributed by atoms with Crippen molar-refractivity contribution in [1.82, 2.24) is 9.97 Å². The molecule has 1 N–H and O–H groups in total. The number of carboxylic acid groups (broad SMARTS) is 1. The van der Waals surface area contributed by atoms with Gasteiger partial charge in [-0.2, -0.15) is 0 Å². The molecule has 1 radical (unpaired) electrons. The van der Waals surface area contributed by atoms with E-state index in [1.165, 1.54) is 33.3 Å². The zero-order valence-electron chi connectivity index (χ0n) is 22.7. The van der Waals surface area contributed by atoms with Gasteiger partial charge in [0, 0.05) is 32.5 Å². The van der Waals surface area contributed by atoms with Crippen molar-refractivity contribution in [2.45, 2.75) is 52.4 Å². The molecule has 0 aliphatic heterocycles. The van der Waals surface area contributed by atoms with E-state index in [2.05, 4.69) is 97.5 Å². The van der Waals surface area contributed by atoms with Crippen LogP contribution in [-0.4, -0.2) is 21.0 Å². The van der Waals surface area contributed by atoms with Crippen LogP contribution in [0.5, 0.6) is 0 Å². The fraction of sp³-hybridized carbons (Fsp3) is 0.242. The summed E-state index contributed by atoms with van der Waals surface area (Å²) in [6, 6.07) is 28.2. The Bertz CT molecular complexity index is 1560. The topological polar surface area (TPSA) is 63.1 Å². The van der Waals surface area contributed by atoms with Crippen LogP contribution in [0.4, 0.5) is 0 Å². The maximum atomic E-state index is 10.6. The van der Waals surface area contributed by atoms with Crippen LogP contribution in [0.2, 0.25) is 0 Å². The number of carboxylic acids is 1. The first-order valence-electron chi connectivity index (χ1n) is 12.4. The van der Waals surface area contributed by atoms with Gasteiger partial charge in [-0.15, -0.1) is 29.1 Å². The van der Waals surface area contributed by atoms with Crippen LogP contribution >= 0.6 is 0 Å². The molecule has 38 heavy (non-hydrogen) atoms. The predicted octanol–water partition coefficient (Wildman–Crippen LogP) is 8.23. The molecule has 0 unspecified atom stereocenters. The number of carbonyl (C=O) groups is 1. The van der Waals surface area contributed by atoms with Crippen LogP contribution in [0.15, 0.2) is 85.2 Å². The molecule has 2 aromatic heterocycles. The molecule has 5 heteroatoms. The summed E-state index contributed by atoms with van der Waals surface area (Å²) in [6.07, 6.45) is 3.51. The van der Waals surface area contributed by atoms with Crippen molar-refractivity contribution in [2.24, 2.45) is 0 Å². The van der Waals surface area contributed by atoms with Gasteiger partial charge in [-0.05, 0) is 45.2 Å². The minimum absolute atomic E-state index is 0. The second-order valence-electron chi connectivity index (χ2n) is 11.3. The van der Waals surface area contributed by atoms with Gasteiger partial charge in [-0.3, -0.25) is 0 Å². The Morgan fingerprint density at radius 2 is 1.45 bits per heavy atom. The third-order valence-corrected chi connectivity index (χ3v) is 6.43. The van der Waals surface area contributed by atoms with E-state index in [0.717, 1.165) is 16.8 Å². The molecule has 2 heterocycles. The first-order chi connectivity index (χ1) is 17.4. The zero-order chi connectivity index (χ0) is 26.8. The van der Waals surface area contributed by atoms with E-state index in [1.807, 2.05) is 33.0 Å². The Morgan fingerprint density at radius 1 is 0.763 bits per heavy atom.